The first kappa shape index (κ1) is 10.5. The first-order valence-corrected chi connectivity index (χ1v) is 4.67. The van der Waals surface area contributed by atoms with Crippen molar-refractivity contribution in [2.45, 2.75) is 12.8 Å². The molecule has 0 aliphatic carbocycles. The molecule has 1 aliphatic rings. The van der Waals surface area contributed by atoms with Crippen molar-refractivity contribution in [2.24, 2.45) is 5.41 Å². The van der Waals surface area contributed by atoms with Crippen LogP contribution >= 0.6 is 0 Å². The lowest BCUT2D eigenvalue weighted by Gasteiger charge is -2.37. The molecule has 4 heteroatoms. The fourth-order valence-corrected chi connectivity index (χ4v) is 1.85. The molecule has 0 aromatic rings. The third-order valence-corrected chi connectivity index (χ3v) is 2.91. The molecule has 0 bridgehead atoms. The maximum absolute atomic E-state index is 11.1. The number of hydrogen-bond donors (Lipinski definition) is 2. The molecule has 1 rings (SSSR count). The molecule has 76 valence electrons. The molecule has 2 N–H and O–H groups in total. The second-order valence-corrected chi connectivity index (χ2v) is 3.92. The number of nitrogens with one attached hydrogen (secondary N) is 1. The van der Waals surface area contributed by atoms with E-state index in [4.69, 9.17) is 5.11 Å². The molecule has 1 fully saturated rings. The van der Waals surface area contributed by atoms with Crippen molar-refractivity contribution in [1.29, 1.82) is 0 Å². The first-order valence-electron chi connectivity index (χ1n) is 4.67. The zero-order chi connectivity index (χ0) is 9.90. The minimum atomic E-state index is -0.657. The fourth-order valence-electron chi connectivity index (χ4n) is 1.85. The monoisotopic (exact) mass is 186 g/mol. The van der Waals surface area contributed by atoms with Crippen molar-refractivity contribution in [3.05, 3.63) is 0 Å². The van der Waals surface area contributed by atoms with Gasteiger partial charge < -0.3 is 15.3 Å². The minimum absolute atomic E-state index is 0.527. The summed E-state index contributed by atoms with van der Waals surface area (Å²) >= 11 is 0. The lowest BCUT2D eigenvalue weighted by atomic mass is 9.78. The number of aliphatic carboxylic acids is 1. The first-order chi connectivity index (χ1) is 6.10. The Morgan fingerprint density at radius 2 is 2.08 bits per heavy atom. The zero-order valence-electron chi connectivity index (χ0n) is 8.34. The molecule has 1 aliphatic heterocycles. The Balaban J connectivity index is 2.63. The van der Waals surface area contributed by atoms with E-state index in [-0.39, 0.29) is 0 Å². The Kier molecular flexibility index (Phi) is 3.27. The summed E-state index contributed by atoms with van der Waals surface area (Å²) in [6.07, 6.45) is 1.50. The molecule has 0 radical (unpaired) electrons. The highest BCUT2D eigenvalue weighted by atomic mass is 16.4. The Hall–Kier alpha value is -0.610. The lowest BCUT2D eigenvalue weighted by molar-refractivity contribution is -0.151. The number of carbonyl (C=O) groups is 1. The van der Waals surface area contributed by atoms with Crippen LogP contribution in [0.1, 0.15) is 12.8 Å². The van der Waals surface area contributed by atoms with Gasteiger partial charge in [0.2, 0.25) is 0 Å². The second kappa shape index (κ2) is 4.07. The number of carboxylic acids is 1. The van der Waals surface area contributed by atoms with E-state index in [9.17, 15) is 4.79 Å². The SMILES string of the molecule is CNCC1(C(=O)O)CCN(C)CC1. The van der Waals surface area contributed by atoms with Gasteiger partial charge in [0.1, 0.15) is 0 Å². The molecule has 0 aromatic heterocycles. The van der Waals surface area contributed by atoms with Crippen LogP contribution in [0.5, 0.6) is 0 Å². The topological polar surface area (TPSA) is 52.6 Å². The molecule has 0 amide bonds. The standard InChI is InChI=1S/C9H18N2O2/c1-10-7-9(8(12)13)3-5-11(2)6-4-9/h10H,3-7H2,1-2H3,(H,12,13). The van der Waals surface area contributed by atoms with Crippen molar-refractivity contribution >= 4 is 5.97 Å². The largest absolute Gasteiger partial charge is 0.481 e. The normalized spacial score (nSPS) is 22.9. The molecular formula is C9H18N2O2. The van der Waals surface area contributed by atoms with Crippen LogP contribution in [0.3, 0.4) is 0 Å². The summed E-state index contributed by atoms with van der Waals surface area (Å²) in [7, 11) is 3.84. The summed E-state index contributed by atoms with van der Waals surface area (Å²) in [5.41, 5.74) is -0.527. The maximum atomic E-state index is 11.1. The lowest BCUT2D eigenvalue weighted by Crippen LogP contribution is -2.48. The third-order valence-electron chi connectivity index (χ3n) is 2.91. The summed E-state index contributed by atoms with van der Waals surface area (Å²) in [4.78, 5) is 13.3. The zero-order valence-corrected chi connectivity index (χ0v) is 8.34. The fraction of sp³-hybridized carbons (Fsp3) is 0.889. The van der Waals surface area contributed by atoms with Gasteiger partial charge in [-0.2, -0.15) is 0 Å². The second-order valence-electron chi connectivity index (χ2n) is 3.92. The van der Waals surface area contributed by atoms with Gasteiger partial charge in [0, 0.05) is 6.54 Å². The van der Waals surface area contributed by atoms with Crippen LogP contribution in [0.25, 0.3) is 0 Å². The molecule has 0 aromatic carbocycles. The van der Waals surface area contributed by atoms with Gasteiger partial charge >= 0.3 is 5.97 Å². The van der Waals surface area contributed by atoms with Crippen LogP contribution in [0.4, 0.5) is 0 Å². The number of hydrogen-bond acceptors (Lipinski definition) is 3. The Bertz CT molecular complexity index is 186. The van der Waals surface area contributed by atoms with Crippen molar-refractivity contribution in [3.63, 3.8) is 0 Å². The highest BCUT2D eigenvalue weighted by Crippen LogP contribution is 2.30. The van der Waals surface area contributed by atoms with Crippen LogP contribution in [0, 0.1) is 5.41 Å². The van der Waals surface area contributed by atoms with E-state index in [1.807, 2.05) is 14.1 Å². The van der Waals surface area contributed by atoms with Crippen molar-refractivity contribution < 1.29 is 9.90 Å². The Morgan fingerprint density at radius 1 is 1.54 bits per heavy atom. The van der Waals surface area contributed by atoms with Crippen molar-refractivity contribution in [1.82, 2.24) is 10.2 Å². The van der Waals surface area contributed by atoms with Crippen LogP contribution in [0.2, 0.25) is 0 Å². The highest BCUT2D eigenvalue weighted by molar-refractivity contribution is 5.75. The Morgan fingerprint density at radius 3 is 2.46 bits per heavy atom. The highest BCUT2D eigenvalue weighted by Gasteiger charge is 2.40. The minimum Gasteiger partial charge on any atom is -0.481 e. The van der Waals surface area contributed by atoms with Gasteiger partial charge in [-0.05, 0) is 40.0 Å². The quantitative estimate of drug-likeness (QED) is 0.651. The molecule has 0 saturated carbocycles. The molecule has 0 spiro atoms. The van der Waals surface area contributed by atoms with Crippen molar-refractivity contribution in [3.8, 4) is 0 Å². The van der Waals surface area contributed by atoms with Gasteiger partial charge in [0.05, 0.1) is 5.41 Å². The number of likely N-dealkylation sites (tertiary alicyclic amines) is 1. The predicted molar refractivity (Wildman–Crippen MR) is 50.7 cm³/mol. The molecular weight excluding hydrogens is 168 g/mol. The molecule has 0 atom stereocenters. The van der Waals surface area contributed by atoms with E-state index >= 15 is 0 Å². The summed E-state index contributed by atoms with van der Waals surface area (Å²) in [6, 6.07) is 0. The van der Waals surface area contributed by atoms with E-state index in [1.165, 1.54) is 0 Å². The van der Waals surface area contributed by atoms with Gasteiger partial charge in [0.25, 0.3) is 0 Å². The average Bonchev–Trinajstić information content (AvgIpc) is 2.09. The van der Waals surface area contributed by atoms with Crippen molar-refractivity contribution in [2.75, 3.05) is 33.7 Å². The maximum Gasteiger partial charge on any atom is 0.311 e. The van der Waals surface area contributed by atoms with E-state index < -0.39 is 11.4 Å². The van der Waals surface area contributed by atoms with Gasteiger partial charge in [-0.15, -0.1) is 0 Å². The molecule has 4 nitrogen and oxygen atoms in total. The summed E-state index contributed by atoms with van der Waals surface area (Å²) in [6.45, 7) is 2.35. The number of nitrogens with zero attached hydrogens (tertiary/aromatic N) is 1. The molecule has 1 saturated heterocycles. The Labute approximate surface area is 78.9 Å². The summed E-state index contributed by atoms with van der Waals surface area (Å²) < 4.78 is 0. The van der Waals surface area contributed by atoms with E-state index in [2.05, 4.69) is 10.2 Å². The smallest absolute Gasteiger partial charge is 0.311 e. The van der Waals surface area contributed by atoms with Crippen LogP contribution in [-0.4, -0.2) is 49.7 Å². The number of carboxylic acid groups (broad SMARTS) is 1. The van der Waals surface area contributed by atoms with Gasteiger partial charge in [0.15, 0.2) is 0 Å². The van der Waals surface area contributed by atoms with Gasteiger partial charge in [-0.1, -0.05) is 0 Å². The van der Waals surface area contributed by atoms with Crippen LogP contribution in [-0.2, 0) is 4.79 Å². The number of rotatable bonds is 3. The number of piperidine rings is 1. The van der Waals surface area contributed by atoms with E-state index in [0.29, 0.717) is 6.54 Å². The third kappa shape index (κ3) is 2.19. The average molecular weight is 186 g/mol. The molecule has 13 heavy (non-hydrogen) atoms. The predicted octanol–water partition coefficient (Wildman–Crippen LogP) is 0.00240. The van der Waals surface area contributed by atoms with E-state index in [0.717, 1.165) is 25.9 Å². The summed E-state index contributed by atoms with van der Waals surface area (Å²) in [5, 5.41) is 12.1. The van der Waals surface area contributed by atoms with Gasteiger partial charge in [-0.25, -0.2) is 0 Å². The van der Waals surface area contributed by atoms with Crippen LogP contribution in [0.15, 0.2) is 0 Å². The van der Waals surface area contributed by atoms with Gasteiger partial charge in [-0.3, -0.25) is 4.79 Å². The molecule has 1 heterocycles. The molecule has 0 unspecified atom stereocenters. The summed E-state index contributed by atoms with van der Waals surface area (Å²) in [5.74, 6) is -0.657. The van der Waals surface area contributed by atoms with Crippen LogP contribution < -0.4 is 5.32 Å². The van der Waals surface area contributed by atoms with E-state index in [1.54, 1.807) is 0 Å².